The van der Waals surface area contributed by atoms with Crippen molar-refractivity contribution in [3.05, 3.63) is 29.6 Å². The summed E-state index contributed by atoms with van der Waals surface area (Å²) in [6.07, 6.45) is 7.67. The van der Waals surface area contributed by atoms with Gasteiger partial charge >= 0.3 is 0 Å². The molecule has 0 amide bonds. The molecule has 3 N–H and O–H groups in total. The zero-order chi connectivity index (χ0) is 12.9. The molecule has 3 nitrogen and oxygen atoms in total. The second-order valence-electron chi connectivity index (χ2n) is 6.32. The average molecular weight is 255 g/mol. The van der Waals surface area contributed by atoms with Gasteiger partial charge in [0.15, 0.2) is 0 Å². The van der Waals surface area contributed by atoms with E-state index in [1.807, 2.05) is 0 Å². The number of hydrogen-bond donors (Lipinski definition) is 2. The van der Waals surface area contributed by atoms with Gasteiger partial charge in [0.1, 0.15) is 5.82 Å². The molecule has 1 aromatic carbocycles. The molecule has 0 atom stereocenters. The quantitative estimate of drug-likeness (QED) is 0.884. The summed E-state index contributed by atoms with van der Waals surface area (Å²) in [4.78, 5) is 8.21. The van der Waals surface area contributed by atoms with Crippen LogP contribution in [0.3, 0.4) is 0 Å². The van der Waals surface area contributed by atoms with Gasteiger partial charge < -0.3 is 10.7 Å². The highest BCUT2D eigenvalue weighted by Gasteiger charge is 2.34. The molecule has 2 aliphatic carbocycles. The van der Waals surface area contributed by atoms with E-state index in [4.69, 9.17) is 10.7 Å². The van der Waals surface area contributed by atoms with Crippen LogP contribution in [0.1, 0.15) is 55.8 Å². The molecule has 0 unspecified atom stereocenters. The number of aromatic nitrogens is 2. The van der Waals surface area contributed by atoms with E-state index >= 15 is 0 Å². The molecular formula is C16H21N3. The Morgan fingerprint density at radius 2 is 2.05 bits per heavy atom. The Morgan fingerprint density at radius 3 is 2.74 bits per heavy atom. The van der Waals surface area contributed by atoms with Crippen molar-refractivity contribution in [1.82, 2.24) is 9.97 Å². The normalized spacial score (nSPS) is 22.2. The van der Waals surface area contributed by atoms with Crippen molar-refractivity contribution in [2.75, 3.05) is 6.54 Å². The van der Waals surface area contributed by atoms with Crippen molar-refractivity contribution < 1.29 is 0 Å². The molecule has 19 heavy (non-hydrogen) atoms. The van der Waals surface area contributed by atoms with Gasteiger partial charge in [-0.1, -0.05) is 18.9 Å². The molecule has 100 valence electrons. The highest BCUT2D eigenvalue weighted by molar-refractivity contribution is 5.76. The van der Waals surface area contributed by atoms with Crippen LogP contribution in [-0.2, 0) is 5.41 Å². The van der Waals surface area contributed by atoms with Gasteiger partial charge in [0.25, 0.3) is 0 Å². The fourth-order valence-electron chi connectivity index (χ4n) is 3.57. The Hall–Kier alpha value is -1.35. The summed E-state index contributed by atoms with van der Waals surface area (Å²) < 4.78 is 0. The van der Waals surface area contributed by atoms with Crippen LogP contribution in [0.15, 0.2) is 18.2 Å². The highest BCUT2D eigenvalue weighted by atomic mass is 14.9. The predicted octanol–water partition coefficient (Wildman–Crippen LogP) is 3.21. The minimum absolute atomic E-state index is 0.221. The molecule has 4 rings (SSSR count). The summed E-state index contributed by atoms with van der Waals surface area (Å²) in [6.45, 7) is 0.766. The van der Waals surface area contributed by atoms with Crippen LogP contribution in [0.4, 0.5) is 0 Å². The van der Waals surface area contributed by atoms with Crippen molar-refractivity contribution in [3.8, 4) is 0 Å². The topological polar surface area (TPSA) is 54.7 Å². The number of benzene rings is 1. The Balaban J connectivity index is 1.77. The van der Waals surface area contributed by atoms with Crippen LogP contribution in [0, 0.1) is 0 Å². The first kappa shape index (κ1) is 11.5. The Bertz CT molecular complexity index is 603. The minimum Gasteiger partial charge on any atom is -0.342 e. The first-order valence-electron chi connectivity index (χ1n) is 7.51. The Morgan fingerprint density at radius 1 is 1.26 bits per heavy atom. The Labute approximate surface area is 113 Å². The van der Waals surface area contributed by atoms with E-state index < -0.39 is 0 Å². The first-order valence-corrected chi connectivity index (χ1v) is 7.51. The standard InChI is InChI=1S/C16H21N3/c17-10-16(7-1-2-8-16)12-5-6-13-14(9-12)19-15(18-13)11-3-4-11/h5-6,9,11H,1-4,7-8,10,17H2,(H,18,19). The van der Waals surface area contributed by atoms with Crippen LogP contribution >= 0.6 is 0 Å². The second-order valence-corrected chi connectivity index (χ2v) is 6.32. The maximum atomic E-state index is 6.08. The third-order valence-electron chi connectivity index (χ3n) is 5.03. The maximum Gasteiger partial charge on any atom is 0.110 e. The number of nitrogens with zero attached hydrogens (tertiary/aromatic N) is 1. The largest absolute Gasteiger partial charge is 0.342 e. The summed E-state index contributed by atoms with van der Waals surface area (Å²) >= 11 is 0. The van der Waals surface area contributed by atoms with E-state index in [1.165, 1.54) is 55.4 Å². The summed E-state index contributed by atoms with van der Waals surface area (Å²) in [6, 6.07) is 6.72. The molecule has 1 heterocycles. The van der Waals surface area contributed by atoms with Gasteiger partial charge in [-0.15, -0.1) is 0 Å². The lowest BCUT2D eigenvalue weighted by molar-refractivity contribution is 0.453. The van der Waals surface area contributed by atoms with Crippen LogP contribution in [0.2, 0.25) is 0 Å². The van der Waals surface area contributed by atoms with Crippen LogP contribution in [0.5, 0.6) is 0 Å². The maximum absolute atomic E-state index is 6.08. The number of aromatic amines is 1. The lowest BCUT2D eigenvalue weighted by atomic mass is 9.79. The number of imidazole rings is 1. The van der Waals surface area contributed by atoms with Gasteiger partial charge in [0.05, 0.1) is 11.0 Å². The molecule has 0 aliphatic heterocycles. The van der Waals surface area contributed by atoms with Crippen molar-refractivity contribution >= 4 is 11.0 Å². The van der Waals surface area contributed by atoms with E-state index in [0.29, 0.717) is 5.92 Å². The molecule has 0 radical (unpaired) electrons. The van der Waals surface area contributed by atoms with E-state index in [0.717, 1.165) is 12.1 Å². The summed E-state index contributed by atoms with van der Waals surface area (Å²) in [7, 11) is 0. The van der Waals surface area contributed by atoms with Gasteiger partial charge in [-0.3, -0.25) is 0 Å². The second kappa shape index (κ2) is 4.07. The molecule has 2 saturated carbocycles. The number of rotatable bonds is 3. The zero-order valence-electron chi connectivity index (χ0n) is 11.3. The van der Waals surface area contributed by atoms with Gasteiger partial charge in [-0.05, 0) is 43.4 Å². The van der Waals surface area contributed by atoms with E-state index in [9.17, 15) is 0 Å². The van der Waals surface area contributed by atoms with E-state index in [-0.39, 0.29) is 5.41 Å². The smallest absolute Gasteiger partial charge is 0.110 e. The SMILES string of the molecule is NCC1(c2ccc3nc(C4CC4)[nH]c3c2)CCCC1. The molecule has 1 aromatic heterocycles. The molecule has 3 heteroatoms. The number of H-pyrrole nitrogens is 1. The van der Waals surface area contributed by atoms with Gasteiger partial charge in [0, 0.05) is 17.9 Å². The summed E-state index contributed by atoms with van der Waals surface area (Å²) in [5.74, 6) is 1.87. The molecular weight excluding hydrogens is 234 g/mol. The minimum atomic E-state index is 0.221. The van der Waals surface area contributed by atoms with Crippen molar-refractivity contribution in [2.24, 2.45) is 5.73 Å². The lowest BCUT2D eigenvalue weighted by Crippen LogP contribution is -2.31. The molecule has 2 fully saturated rings. The van der Waals surface area contributed by atoms with Crippen molar-refractivity contribution in [2.45, 2.75) is 49.9 Å². The van der Waals surface area contributed by atoms with Crippen molar-refractivity contribution in [1.29, 1.82) is 0 Å². The lowest BCUT2D eigenvalue weighted by Gasteiger charge is -2.27. The summed E-state index contributed by atoms with van der Waals surface area (Å²) in [5, 5.41) is 0. The third kappa shape index (κ3) is 1.79. The molecule has 0 bridgehead atoms. The highest BCUT2D eigenvalue weighted by Crippen LogP contribution is 2.42. The number of fused-ring (bicyclic) bond motifs is 1. The number of hydrogen-bond acceptors (Lipinski definition) is 2. The fraction of sp³-hybridized carbons (Fsp3) is 0.562. The monoisotopic (exact) mass is 255 g/mol. The van der Waals surface area contributed by atoms with Gasteiger partial charge in [-0.25, -0.2) is 4.98 Å². The summed E-state index contributed by atoms with van der Waals surface area (Å²) in [5.41, 5.74) is 10.0. The van der Waals surface area contributed by atoms with Gasteiger partial charge in [0.2, 0.25) is 0 Å². The predicted molar refractivity (Wildman–Crippen MR) is 77.3 cm³/mol. The molecule has 0 saturated heterocycles. The zero-order valence-corrected chi connectivity index (χ0v) is 11.3. The molecule has 2 aromatic rings. The van der Waals surface area contributed by atoms with Gasteiger partial charge in [-0.2, -0.15) is 0 Å². The van der Waals surface area contributed by atoms with E-state index in [2.05, 4.69) is 23.2 Å². The number of nitrogens with two attached hydrogens (primary N) is 1. The van der Waals surface area contributed by atoms with E-state index in [1.54, 1.807) is 0 Å². The van der Waals surface area contributed by atoms with Crippen molar-refractivity contribution in [3.63, 3.8) is 0 Å². The third-order valence-corrected chi connectivity index (χ3v) is 5.03. The Kier molecular flexibility index (Phi) is 2.46. The fourth-order valence-corrected chi connectivity index (χ4v) is 3.57. The average Bonchev–Trinajstić information content (AvgIpc) is 3.03. The van der Waals surface area contributed by atoms with Crippen LogP contribution in [-0.4, -0.2) is 16.5 Å². The van der Waals surface area contributed by atoms with Crippen LogP contribution < -0.4 is 5.73 Å². The number of nitrogens with one attached hydrogen (secondary N) is 1. The van der Waals surface area contributed by atoms with Crippen LogP contribution in [0.25, 0.3) is 11.0 Å². The first-order chi connectivity index (χ1) is 9.31. The molecule has 0 spiro atoms. The molecule has 2 aliphatic rings.